The van der Waals surface area contributed by atoms with Gasteiger partial charge in [0.25, 0.3) is 5.91 Å². The normalized spacial score (nSPS) is 16.4. The van der Waals surface area contributed by atoms with Crippen LogP contribution in [0.3, 0.4) is 0 Å². The minimum Gasteiger partial charge on any atom is -0.482 e. The number of piperazine rings is 1. The predicted molar refractivity (Wildman–Crippen MR) is 105 cm³/mol. The molecule has 0 atom stereocenters. The number of carbonyl (C=O) groups excluding carboxylic acids is 2. The van der Waals surface area contributed by atoms with Crippen LogP contribution in [0, 0.1) is 0 Å². The van der Waals surface area contributed by atoms with Crippen LogP contribution in [-0.4, -0.2) is 49.6 Å². The highest BCUT2D eigenvalue weighted by molar-refractivity contribution is 5.97. The highest BCUT2D eigenvalue weighted by atomic mass is 19.4. The highest BCUT2D eigenvalue weighted by Gasteiger charge is 2.31. The fourth-order valence-electron chi connectivity index (χ4n) is 3.41. The Bertz CT molecular complexity index is 972. The minimum atomic E-state index is -4.39. The summed E-state index contributed by atoms with van der Waals surface area (Å²) in [6, 6.07) is 9.82. The van der Waals surface area contributed by atoms with Gasteiger partial charge in [0.05, 0.1) is 11.3 Å². The molecule has 4 rings (SSSR count). The zero-order valence-electron chi connectivity index (χ0n) is 15.8. The zero-order chi connectivity index (χ0) is 21.3. The van der Waals surface area contributed by atoms with E-state index in [2.05, 4.69) is 10.6 Å². The van der Waals surface area contributed by atoms with E-state index in [0.29, 0.717) is 49.0 Å². The number of rotatable bonds is 2. The largest absolute Gasteiger partial charge is 0.482 e. The summed E-state index contributed by atoms with van der Waals surface area (Å²) in [7, 11) is 0. The number of anilines is 3. The molecule has 0 unspecified atom stereocenters. The number of amides is 3. The van der Waals surface area contributed by atoms with Crippen molar-refractivity contribution in [1.82, 2.24) is 4.90 Å². The van der Waals surface area contributed by atoms with Crippen LogP contribution in [0.1, 0.15) is 5.56 Å². The Morgan fingerprint density at radius 1 is 1.07 bits per heavy atom. The molecule has 0 aliphatic carbocycles. The number of benzene rings is 2. The average Bonchev–Trinajstić information content (AvgIpc) is 2.73. The first-order valence-corrected chi connectivity index (χ1v) is 9.34. The number of alkyl halides is 3. The monoisotopic (exact) mass is 420 g/mol. The fraction of sp³-hybridized carbons (Fsp3) is 0.300. The molecule has 2 aliphatic rings. The maximum absolute atomic E-state index is 12.9. The van der Waals surface area contributed by atoms with E-state index in [1.165, 1.54) is 6.07 Å². The topological polar surface area (TPSA) is 73.9 Å². The molecule has 158 valence electrons. The zero-order valence-corrected chi connectivity index (χ0v) is 15.8. The van der Waals surface area contributed by atoms with E-state index in [0.717, 1.165) is 12.1 Å². The second kappa shape index (κ2) is 7.77. The third kappa shape index (κ3) is 4.27. The summed E-state index contributed by atoms with van der Waals surface area (Å²) in [6.45, 7) is 1.53. The lowest BCUT2D eigenvalue weighted by Crippen LogP contribution is -2.50. The number of urea groups is 1. The predicted octanol–water partition coefficient (Wildman–Crippen LogP) is 3.39. The average molecular weight is 420 g/mol. The van der Waals surface area contributed by atoms with Crippen LogP contribution < -0.4 is 20.3 Å². The molecular formula is C20H19F3N4O3. The van der Waals surface area contributed by atoms with Gasteiger partial charge in [-0.25, -0.2) is 4.79 Å². The summed E-state index contributed by atoms with van der Waals surface area (Å²) < 4.78 is 44.1. The number of ether oxygens (including phenoxy) is 1. The second-order valence-electron chi connectivity index (χ2n) is 7.00. The van der Waals surface area contributed by atoms with Crippen molar-refractivity contribution >= 4 is 29.0 Å². The first-order valence-electron chi connectivity index (χ1n) is 9.34. The van der Waals surface area contributed by atoms with Gasteiger partial charge in [-0.15, -0.1) is 0 Å². The number of hydrogen-bond acceptors (Lipinski definition) is 4. The third-order valence-electron chi connectivity index (χ3n) is 4.97. The summed E-state index contributed by atoms with van der Waals surface area (Å²) in [4.78, 5) is 27.4. The van der Waals surface area contributed by atoms with E-state index >= 15 is 0 Å². The number of halogens is 3. The molecule has 1 saturated heterocycles. The SMILES string of the molecule is O=C1COc2ccc(NC(=O)N3CCN(c4cccc(C(F)(F)F)c4)CC3)cc2N1. The molecule has 2 aromatic carbocycles. The van der Waals surface area contributed by atoms with Crippen molar-refractivity contribution in [2.75, 3.05) is 48.3 Å². The van der Waals surface area contributed by atoms with Gasteiger partial charge in [0.2, 0.25) is 0 Å². The third-order valence-corrected chi connectivity index (χ3v) is 4.97. The van der Waals surface area contributed by atoms with Gasteiger partial charge in [0.1, 0.15) is 5.75 Å². The maximum Gasteiger partial charge on any atom is 0.416 e. The Labute approximate surface area is 170 Å². The summed E-state index contributed by atoms with van der Waals surface area (Å²) in [6.07, 6.45) is -4.39. The lowest BCUT2D eigenvalue weighted by Gasteiger charge is -2.36. The molecule has 0 bridgehead atoms. The molecule has 0 radical (unpaired) electrons. The molecule has 7 nitrogen and oxygen atoms in total. The number of nitrogens with one attached hydrogen (secondary N) is 2. The van der Waals surface area contributed by atoms with Gasteiger partial charge in [-0.05, 0) is 36.4 Å². The van der Waals surface area contributed by atoms with Crippen LogP contribution in [0.5, 0.6) is 5.75 Å². The summed E-state index contributed by atoms with van der Waals surface area (Å²) in [5.74, 6) is 0.263. The van der Waals surface area contributed by atoms with E-state index in [4.69, 9.17) is 4.74 Å². The molecule has 1 fully saturated rings. The van der Waals surface area contributed by atoms with Crippen molar-refractivity contribution in [3.8, 4) is 5.75 Å². The first kappa shape index (κ1) is 19.9. The van der Waals surface area contributed by atoms with Gasteiger partial charge in [0, 0.05) is 37.6 Å². The summed E-state index contributed by atoms with van der Waals surface area (Å²) in [5.41, 5.74) is 0.780. The Kier molecular flexibility index (Phi) is 5.15. The Morgan fingerprint density at radius 3 is 2.57 bits per heavy atom. The molecule has 2 N–H and O–H groups in total. The van der Waals surface area contributed by atoms with Crippen LogP contribution in [0.25, 0.3) is 0 Å². The molecule has 3 amide bonds. The smallest absolute Gasteiger partial charge is 0.416 e. The number of carbonyl (C=O) groups is 2. The van der Waals surface area contributed by atoms with Gasteiger partial charge in [-0.3, -0.25) is 4.79 Å². The Hall–Kier alpha value is -3.43. The molecule has 0 saturated carbocycles. The van der Waals surface area contributed by atoms with Crippen LogP contribution in [0.15, 0.2) is 42.5 Å². The van der Waals surface area contributed by atoms with Crippen molar-refractivity contribution < 1.29 is 27.5 Å². The van der Waals surface area contributed by atoms with Crippen molar-refractivity contribution in [2.24, 2.45) is 0 Å². The molecular weight excluding hydrogens is 401 g/mol. The van der Waals surface area contributed by atoms with E-state index in [-0.39, 0.29) is 18.5 Å². The Morgan fingerprint density at radius 2 is 1.83 bits per heavy atom. The number of hydrogen-bond donors (Lipinski definition) is 2. The van der Waals surface area contributed by atoms with Crippen molar-refractivity contribution in [1.29, 1.82) is 0 Å². The molecule has 2 aliphatic heterocycles. The maximum atomic E-state index is 12.9. The van der Waals surface area contributed by atoms with Crippen LogP contribution >= 0.6 is 0 Å². The number of nitrogens with zero attached hydrogens (tertiary/aromatic N) is 2. The van der Waals surface area contributed by atoms with Gasteiger partial charge in [-0.1, -0.05) is 6.07 Å². The standard InChI is InChI=1S/C20H19F3N4O3/c21-20(22,23)13-2-1-3-15(10-13)26-6-8-27(9-7-26)19(29)24-14-4-5-17-16(11-14)25-18(28)12-30-17/h1-5,10-11H,6-9,12H2,(H,24,29)(H,25,28). The van der Waals surface area contributed by atoms with Crippen LogP contribution in [-0.2, 0) is 11.0 Å². The lowest BCUT2D eigenvalue weighted by atomic mass is 10.1. The highest BCUT2D eigenvalue weighted by Crippen LogP contribution is 2.32. The summed E-state index contributed by atoms with van der Waals surface area (Å²) >= 11 is 0. The molecule has 2 heterocycles. The molecule has 0 spiro atoms. The fourth-order valence-corrected chi connectivity index (χ4v) is 3.41. The quantitative estimate of drug-likeness (QED) is 0.781. The molecule has 10 heteroatoms. The molecule has 2 aromatic rings. The number of fused-ring (bicyclic) bond motifs is 1. The van der Waals surface area contributed by atoms with E-state index in [9.17, 15) is 22.8 Å². The van der Waals surface area contributed by atoms with Crippen molar-refractivity contribution in [3.05, 3.63) is 48.0 Å². The van der Waals surface area contributed by atoms with E-state index < -0.39 is 11.7 Å². The molecule has 30 heavy (non-hydrogen) atoms. The van der Waals surface area contributed by atoms with E-state index in [1.54, 1.807) is 29.2 Å². The first-order chi connectivity index (χ1) is 14.3. The van der Waals surface area contributed by atoms with Gasteiger partial charge < -0.3 is 25.2 Å². The molecule has 0 aromatic heterocycles. The minimum absolute atomic E-state index is 0.0468. The van der Waals surface area contributed by atoms with Crippen molar-refractivity contribution in [3.63, 3.8) is 0 Å². The lowest BCUT2D eigenvalue weighted by molar-refractivity contribution is -0.137. The van der Waals surface area contributed by atoms with Crippen LogP contribution in [0.2, 0.25) is 0 Å². The van der Waals surface area contributed by atoms with Crippen LogP contribution in [0.4, 0.5) is 35.0 Å². The van der Waals surface area contributed by atoms with Crippen molar-refractivity contribution in [2.45, 2.75) is 6.18 Å². The Balaban J connectivity index is 1.36. The van der Waals surface area contributed by atoms with E-state index in [1.807, 2.05) is 4.90 Å². The van der Waals surface area contributed by atoms with Gasteiger partial charge >= 0.3 is 12.2 Å². The second-order valence-corrected chi connectivity index (χ2v) is 7.00. The van der Waals surface area contributed by atoms with Gasteiger partial charge in [-0.2, -0.15) is 13.2 Å². The summed E-state index contributed by atoms with van der Waals surface area (Å²) in [5, 5.41) is 5.45. The van der Waals surface area contributed by atoms with Gasteiger partial charge in [0.15, 0.2) is 6.61 Å².